The smallest absolute Gasteiger partial charge is 0.251 e. The number of benzene rings is 2. The third-order valence-electron chi connectivity index (χ3n) is 6.03. The zero-order valence-corrected chi connectivity index (χ0v) is 19.7. The molecule has 0 unspecified atom stereocenters. The van der Waals surface area contributed by atoms with E-state index in [1.54, 1.807) is 0 Å². The molecule has 1 saturated carbocycles. The number of nitrogens with one attached hydrogen (secondary N) is 2. The second-order valence-corrected chi connectivity index (χ2v) is 9.43. The van der Waals surface area contributed by atoms with Gasteiger partial charge in [0.05, 0.1) is 5.52 Å². The van der Waals surface area contributed by atoms with Gasteiger partial charge < -0.3 is 15.5 Å². The van der Waals surface area contributed by atoms with Crippen LogP contribution in [0.1, 0.15) is 36.0 Å². The first-order chi connectivity index (χ1) is 15.0. The molecule has 2 N–H and O–H groups in total. The Bertz CT molecular complexity index is 1040. The van der Waals surface area contributed by atoms with E-state index in [-0.39, 0.29) is 5.91 Å². The van der Waals surface area contributed by atoms with Crippen molar-refractivity contribution in [1.29, 1.82) is 0 Å². The van der Waals surface area contributed by atoms with E-state index >= 15 is 0 Å². The van der Waals surface area contributed by atoms with Crippen LogP contribution in [0.5, 0.6) is 0 Å². The Hall–Kier alpha value is -2.60. The monoisotopic (exact) mass is 480 g/mol. The van der Waals surface area contributed by atoms with Crippen molar-refractivity contribution in [3.05, 3.63) is 64.6 Å². The molecule has 6 heteroatoms. The number of amides is 1. The Morgan fingerprint density at radius 3 is 2.48 bits per heavy atom. The van der Waals surface area contributed by atoms with Gasteiger partial charge in [-0.05, 0) is 61.9 Å². The van der Waals surface area contributed by atoms with Crippen LogP contribution in [0.15, 0.2) is 59.1 Å². The first kappa shape index (κ1) is 21.6. The Labute approximate surface area is 192 Å². The van der Waals surface area contributed by atoms with Crippen molar-refractivity contribution in [2.75, 3.05) is 30.9 Å². The Balaban J connectivity index is 1.31. The molecule has 1 heterocycles. The molecule has 162 valence electrons. The van der Waals surface area contributed by atoms with E-state index in [9.17, 15) is 4.79 Å². The Morgan fingerprint density at radius 1 is 1.06 bits per heavy atom. The first-order valence-corrected chi connectivity index (χ1v) is 11.7. The number of carbonyl (C=O) groups excluding carboxylic acids is 1. The zero-order chi connectivity index (χ0) is 21.8. The molecular weight excluding hydrogens is 452 g/mol. The fourth-order valence-electron chi connectivity index (χ4n) is 4.26. The number of rotatable bonds is 6. The molecule has 0 bridgehead atoms. The molecule has 1 fully saturated rings. The number of nitrogens with zero attached hydrogens (tertiary/aromatic N) is 2. The molecule has 3 aromatic rings. The summed E-state index contributed by atoms with van der Waals surface area (Å²) in [5.74, 6) is 1.47. The van der Waals surface area contributed by atoms with Gasteiger partial charge in [-0.2, -0.15) is 0 Å². The third-order valence-corrected chi connectivity index (χ3v) is 6.56. The van der Waals surface area contributed by atoms with Crippen LogP contribution in [-0.2, 0) is 0 Å². The highest BCUT2D eigenvalue weighted by Crippen LogP contribution is 2.30. The molecule has 1 aliphatic rings. The van der Waals surface area contributed by atoms with Crippen molar-refractivity contribution < 1.29 is 4.79 Å². The van der Waals surface area contributed by atoms with Crippen LogP contribution in [0, 0.1) is 5.92 Å². The maximum Gasteiger partial charge on any atom is 0.251 e. The molecule has 4 rings (SSSR count). The summed E-state index contributed by atoms with van der Waals surface area (Å²) in [6, 6.07) is 18.3. The number of para-hydroxylation sites is 1. The van der Waals surface area contributed by atoms with E-state index < -0.39 is 0 Å². The molecule has 0 aliphatic heterocycles. The lowest BCUT2D eigenvalue weighted by Crippen LogP contribution is -2.34. The number of hydrogen-bond donors (Lipinski definition) is 2. The van der Waals surface area contributed by atoms with Crippen LogP contribution in [0.4, 0.5) is 11.5 Å². The molecule has 5 nitrogen and oxygen atoms in total. The molecule has 1 amide bonds. The number of halogens is 1. The Kier molecular flexibility index (Phi) is 6.76. The lowest BCUT2D eigenvalue weighted by Gasteiger charge is -2.30. The second kappa shape index (κ2) is 9.69. The van der Waals surface area contributed by atoms with Gasteiger partial charge in [0.2, 0.25) is 0 Å². The fraction of sp³-hybridized carbons (Fsp3) is 0.360. The maximum atomic E-state index is 12.3. The van der Waals surface area contributed by atoms with Gasteiger partial charge in [0, 0.05) is 53.9 Å². The van der Waals surface area contributed by atoms with Crippen molar-refractivity contribution >= 4 is 44.2 Å². The van der Waals surface area contributed by atoms with Gasteiger partial charge in [0.25, 0.3) is 5.91 Å². The van der Waals surface area contributed by atoms with Crippen molar-refractivity contribution in [2.45, 2.75) is 31.7 Å². The van der Waals surface area contributed by atoms with Crippen LogP contribution < -0.4 is 15.5 Å². The number of anilines is 2. The van der Waals surface area contributed by atoms with E-state index in [0.717, 1.165) is 48.0 Å². The van der Waals surface area contributed by atoms with Crippen molar-refractivity contribution in [3.8, 4) is 0 Å². The summed E-state index contributed by atoms with van der Waals surface area (Å²) in [5, 5.41) is 7.93. The van der Waals surface area contributed by atoms with Crippen LogP contribution in [0.2, 0.25) is 0 Å². The van der Waals surface area contributed by atoms with E-state index in [0.29, 0.717) is 17.5 Å². The second-order valence-electron chi connectivity index (χ2n) is 8.52. The van der Waals surface area contributed by atoms with Gasteiger partial charge in [-0.1, -0.05) is 34.1 Å². The van der Waals surface area contributed by atoms with Crippen LogP contribution in [0.3, 0.4) is 0 Å². The predicted molar refractivity (Wildman–Crippen MR) is 132 cm³/mol. The van der Waals surface area contributed by atoms with Crippen molar-refractivity contribution in [1.82, 2.24) is 10.3 Å². The number of fused-ring (bicyclic) bond motifs is 1. The minimum Gasteiger partial charge on any atom is -0.377 e. The summed E-state index contributed by atoms with van der Waals surface area (Å²) in [4.78, 5) is 19.3. The molecule has 31 heavy (non-hydrogen) atoms. The van der Waals surface area contributed by atoms with E-state index in [1.165, 1.54) is 11.1 Å². The molecule has 0 saturated heterocycles. The zero-order valence-electron chi connectivity index (χ0n) is 18.1. The minimum atomic E-state index is 0.00401. The SMILES string of the molecule is CN(C)c1cc(N[C@H]2CC[C@@H](CNC(=O)c3ccc(Br)cc3)CC2)nc2ccccc12. The largest absolute Gasteiger partial charge is 0.377 e. The fourth-order valence-corrected chi connectivity index (χ4v) is 4.53. The minimum absolute atomic E-state index is 0.00401. The molecular formula is C25H29BrN4O. The number of hydrogen-bond acceptors (Lipinski definition) is 4. The molecule has 1 aromatic heterocycles. The van der Waals surface area contributed by atoms with Crippen LogP contribution in [0.25, 0.3) is 10.9 Å². The van der Waals surface area contributed by atoms with Crippen LogP contribution in [-0.4, -0.2) is 37.6 Å². The van der Waals surface area contributed by atoms with E-state index in [2.05, 4.69) is 69.8 Å². The predicted octanol–water partition coefficient (Wildman–Crippen LogP) is 5.46. The van der Waals surface area contributed by atoms with Gasteiger partial charge in [-0.25, -0.2) is 4.98 Å². The van der Waals surface area contributed by atoms with Gasteiger partial charge in [0.15, 0.2) is 0 Å². The summed E-state index contributed by atoms with van der Waals surface area (Å²) in [6.07, 6.45) is 4.38. The quantitative estimate of drug-likeness (QED) is 0.491. The summed E-state index contributed by atoms with van der Waals surface area (Å²) >= 11 is 3.40. The van der Waals surface area contributed by atoms with Gasteiger partial charge in [-0.15, -0.1) is 0 Å². The van der Waals surface area contributed by atoms with Gasteiger partial charge >= 0.3 is 0 Å². The average molecular weight is 481 g/mol. The first-order valence-electron chi connectivity index (χ1n) is 10.9. The van der Waals surface area contributed by atoms with Gasteiger partial charge in [-0.3, -0.25) is 4.79 Å². The van der Waals surface area contributed by atoms with Crippen molar-refractivity contribution in [3.63, 3.8) is 0 Å². The Morgan fingerprint density at radius 2 is 1.77 bits per heavy atom. The highest BCUT2D eigenvalue weighted by molar-refractivity contribution is 9.10. The number of carbonyl (C=O) groups is 1. The van der Waals surface area contributed by atoms with Crippen LogP contribution >= 0.6 is 15.9 Å². The standard InChI is InChI=1S/C25H29BrN4O/c1-30(2)23-15-24(29-22-6-4-3-5-21(22)23)28-20-13-7-17(8-14-20)16-27-25(31)18-9-11-19(26)12-10-18/h3-6,9-12,15,17,20H,7-8,13-14,16H2,1-2H3,(H,27,31)(H,28,29)/t17-,20+. The maximum absolute atomic E-state index is 12.3. The summed E-state index contributed by atoms with van der Waals surface area (Å²) in [5.41, 5.74) is 2.90. The normalized spacial score (nSPS) is 18.5. The topological polar surface area (TPSA) is 57.3 Å². The summed E-state index contributed by atoms with van der Waals surface area (Å²) < 4.78 is 0.980. The number of pyridine rings is 1. The van der Waals surface area contributed by atoms with Gasteiger partial charge in [0.1, 0.15) is 5.82 Å². The third kappa shape index (κ3) is 5.37. The summed E-state index contributed by atoms with van der Waals surface area (Å²) in [6.45, 7) is 0.737. The molecule has 2 aromatic carbocycles. The average Bonchev–Trinajstić information content (AvgIpc) is 2.78. The molecule has 0 radical (unpaired) electrons. The highest BCUT2D eigenvalue weighted by Gasteiger charge is 2.22. The molecule has 1 aliphatic carbocycles. The van der Waals surface area contributed by atoms with E-state index in [4.69, 9.17) is 4.98 Å². The molecule has 0 atom stereocenters. The van der Waals surface area contributed by atoms with E-state index in [1.807, 2.05) is 30.3 Å². The lowest BCUT2D eigenvalue weighted by atomic mass is 9.86. The lowest BCUT2D eigenvalue weighted by molar-refractivity contribution is 0.0943. The number of aromatic nitrogens is 1. The highest BCUT2D eigenvalue weighted by atomic mass is 79.9. The summed E-state index contributed by atoms with van der Waals surface area (Å²) in [7, 11) is 4.14. The molecule has 0 spiro atoms. The van der Waals surface area contributed by atoms with Crippen molar-refractivity contribution in [2.24, 2.45) is 5.92 Å².